The molecule has 0 amide bonds. The van der Waals surface area contributed by atoms with Crippen molar-refractivity contribution in [2.45, 2.75) is 18.7 Å². The van der Waals surface area contributed by atoms with Crippen LogP contribution in [-0.4, -0.2) is 42.7 Å². The average molecular weight is 285 g/mol. The molecule has 0 unspecified atom stereocenters. The Bertz CT molecular complexity index is 577. The molecule has 0 radical (unpaired) electrons. The molecule has 0 bridgehead atoms. The summed E-state index contributed by atoms with van der Waals surface area (Å²) < 4.78 is 25.2. The number of benzene rings is 1. The smallest absolute Gasteiger partial charge is 0.318 e. The van der Waals surface area contributed by atoms with E-state index in [2.05, 4.69) is 0 Å². The first-order chi connectivity index (χ1) is 8.78. The van der Waals surface area contributed by atoms with Gasteiger partial charge < -0.3 is 5.11 Å². The first-order valence-electron chi connectivity index (χ1n) is 5.62. The minimum absolute atomic E-state index is 0.0272. The molecule has 1 rings (SSSR count). The van der Waals surface area contributed by atoms with E-state index in [4.69, 9.17) is 5.11 Å². The lowest BCUT2D eigenvalue weighted by Gasteiger charge is -2.18. The highest BCUT2D eigenvalue weighted by Crippen LogP contribution is 2.16. The van der Waals surface area contributed by atoms with Gasteiger partial charge in [0.2, 0.25) is 10.0 Å². The molecule has 0 aliphatic heterocycles. The highest BCUT2D eigenvalue weighted by Gasteiger charge is 2.24. The van der Waals surface area contributed by atoms with Crippen molar-refractivity contribution in [3.63, 3.8) is 0 Å². The van der Waals surface area contributed by atoms with Gasteiger partial charge in [0, 0.05) is 12.1 Å². The summed E-state index contributed by atoms with van der Waals surface area (Å²) in [7, 11) is -3.85. The summed E-state index contributed by atoms with van der Waals surface area (Å²) in [4.78, 5) is 21.7. The van der Waals surface area contributed by atoms with Gasteiger partial charge in [-0.25, -0.2) is 8.42 Å². The minimum Gasteiger partial charge on any atom is -0.480 e. The standard InChI is InChI=1S/C12H15NO5S/c1-3-13(8-12(15)16)19(17,18)11-6-4-10(5-7-11)9(2)14/h4-7H,3,8H2,1-2H3,(H,15,16). The first-order valence-corrected chi connectivity index (χ1v) is 7.06. The Balaban J connectivity index is 3.11. The molecule has 0 aromatic heterocycles. The Hall–Kier alpha value is -1.73. The Morgan fingerprint density at radius 1 is 1.21 bits per heavy atom. The molecule has 0 fully saturated rings. The maximum atomic E-state index is 12.2. The molecule has 0 aliphatic rings. The number of carbonyl (C=O) groups is 2. The monoisotopic (exact) mass is 285 g/mol. The van der Waals surface area contributed by atoms with Crippen LogP contribution in [-0.2, 0) is 14.8 Å². The van der Waals surface area contributed by atoms with Crippen molar-refractivity contribution in [1.82, 2.24) is 4.31 Å². The summed E-state index contributed by atoms with van der Waals surface area (Å²) >= 11 is 0. The third-order valence-corrected chi connectivity index (χ3v) is 4.50. The van der Waals surface area contributed by atoms with Crippen LogP contribution in [0.25, 0.3) is 0 Å². The van der Waals surface area contributed by atoms with E-state index >= 15 is 0 Å². The average Bonchev–Trinajstić information content (AvgIpc) is 2.35. The lowest BCUT2D eigenvalue weighted by atomic mass is 10.2. The van der Waals surface area contributed by atoms with Gasteiger partial charge in [-0.15, -0.1) is 0 Å². The highest BCUT2D eigenvalue weighted by atomic mass is 32.2. The lowest BCUT2D eigenvalue weighted by Crippen LogP contribution is -2.35. The van der Waals surface area contributed by atoms with Gasteiger partial charge in [-0.1, -0.05) is 19.1 Å². The van der Waals surface area contributed by atoms with Gasteiger partial charge in [-0.3, -0.25) is 9.59 Å². The molecule has 0 heterocycles. The number of nitrogens with zero attached hydrogens (tertiary/aromatic N) is 1. The lowest BCUT2D eigenvalue weighted by molar-refractivity contribution is -0.137. The molecule has 1 aromatic rings. The van der Waals surface area contributed by atoms with Gasteiger partial charge in [-0.05, 0) is 19.1 Å². The number of Topliss-reactive ketones (excluding diaryl/α,β-unsaturated/α-hetero) is 1. The number of carboxylic acids is 1. The summed E-state index contributed by atoms with van der Waals surface area (Å²) in [6.07, 6.45) is 0. The van der Waals surface area contributed by atoms with Gasteiger partial charge in [0.15, 0.2) is 5.78 Å². The number of rotatable bonds is 6. The van der Waals surface area contributed by atoms with Gasteiger partial charge in [0.05, 0.1) is 4.90 Å². The maximum absolute atomic E-state index is 12.2. The topological polar surface area (TPSA) is 91.8 Å². The summed E-state index contributed by atoms with van der Waals surface area (Å²) in [6, 6.07) is 5.42. The van der Waals surface area contributed by atoms with Crippen molar-refractivity contribution in [1.29, 1.82) is 0 Å². The van der Waals surface area contributed by atoms with Crippen LogP contribution in [0, 0.1) is 0 Å². The molecular formula is C12H15NO5S. The molecule has 104 valence electrons. The van der Waals surface area contributed by atoms with Crippen molar-refractivity contribution in [3.05, 3.63) is 29.8 Å². The normalized spacial score (nSPS) is 11.5. The van der Waals surface area contributed by atoms with Crippen LogP contribution >= 0.6 is 0 Å². The van der Waals surface area contributed by atoms with Crippen molar-refractivity contribution < 1.29 is 23.1 Å². The Morgan fingerprint density at radius 2 is 1.74 bits per heavy atom. The van der Waals surface area contributed by atoms with E-state index in [9.17, 15) is 18.0 Å². The molecule has 0 aliphatic carbocycles. The molecule has 0 atom stereocenters. The second-order valence-electron chi connectivity index (χ2n) is 3.91. The predicted molar refractivity (Wildman–Crippen MR) is 68.5 cm³/mol. The number of hydrogen-bond acceptors (Lipinski definition) is 4. The third-order valence-electron chi connectivity index (χ3n) is 2.56. The van der Waals surface area contributed by atoms with Crippen LogP contribution in [0.15, 0.2) is 29.2 Å². The van der Waals surface area contributed by atoms with E-state index in [1.165, 1.54) is 31.2 Å². The Labute approximate surface area is 111 Å². The zero-order valence-corrected chi connectivity index (χ0v) is 11.5. The van der Waals surface area contributed by atoms with Crippen molar-refractivity contribution in [2.75, 3.05) is 13.1 Å². The quantitative estimate of drug-likeness (QED) is 0.787. The predicted octanol–water partition coefficient (Wildman–Crippen LogP) is 0.984. The number of likely N-dealkylation sites (N-methyl/N-ethyl adjacent to an activating group) is 1. The van der Waals surface area contributed by atoms with E-state index in [1.54, 1.807) is 6.92 Å². The first kappa shape index (κ1) is 15.3. The van der Waals surface area contributed by atoms with Gasteiger partial charge in [-0.2, -0.15) is 4.31 Å². The number of aliphatic carboxylic acids is 1. The summed E-state index contributed by atoms with van der Waals surface area (Å²) in [5.41, 5.74) is 0.403. The molecule has 0 saturated heterocycles. The Kier molecular flexibility index (Phi) is 4.79. The van der Waals surface area contributed by atoms with Crippen LogP contribution in [0.4, 0.5) is 0 Å². The van der Waals surface area contributed by atoms with Crippen molar-refractivity contribution in [3.8, 4) is 0 Å². The SMILES string of the molecule is CCN(CC(=O)O)S(=O)(=O)c1ccc(C(C)=O)cc1. The minimum atomic E-state index is -3.85. The van der Waals surface area contributed by atoms with Crippen LogP contribution < -0.4 is 0 Å². The molecule has 1 N–H and O–H groups in total. The van der Waals surface area contributed by atoms with Crippen LogP contribution in [0.2, 0.25) is 0 Å². The number of carboxylic acid groups (broad SMARTS) is 1. The van der Waals surface area contributed by atoms with Crippen molar-refractivity contribution in [2.24, 2.45) is 0 Å². The van der Waals surface area contributed by atoms with Crippen LogP contribution in [0.1, 0.15) is 24.2 Å². The number of hydrogen-bond donors (Lipinski definition) is 1. The molecule has 19 heavy (non-hydrogen) atoms. The number of ketones is 1. The zero-order chi connectivity index (χ0) is 14.6. The third kappa shape index (κ3) is 3.62. The summed E-state index contributed by atoms with van der Waals surface area (Å²) in [6.45, 7) is 2.41. The molecule has 7 heteroatoms. The fraction of sp³-hybridized carbons (Fsp3) is 0.333. The second kappa shape index (κ2) is 5.94. The highest BCUT2D eigenvalue weighted by molar-refractivity contribution is 7.89. The Morgan fingerprint density at radius 3 is 2.11 bits per heavy atom. The summed E-state index contributed by atoms with van der Waals surface area (Å²) in [5, 5.41) is 8.69. The van der Waals surface area contributed by atoms with Crippen LogP contribution in [0.5, 0.6) is 0 Å². The van der Waals surface area contributed by atoms with E-state index in [0.717, 1.165) is 4.31 Å². The fourth-order valence-corrected chi connectivity index (χ4v) is 2.93. The molecular weight excluding hydrogens is 270 g/mol. The molecule has 0 spiro atoms. The molecule has 0 saturated carbocycles. The summed E-state index contributed by atoms with van der Waals surface area (Å²) in [5.74, 6) is -1.38. The van der Waals surface area contributed by atoms with E-state index in [1.807, 2.05) is 0 Å². The van der Waals surface area contributed by atoms with Crippen molar-refractivity contribution >= 4 is 21.8 Å². The van der Waals surface area contributed by atoms with E-state index < -0.39 is 22.5 Å². The fourth-order valence-electron chi connectivity index (χ4n) is 1.53. The largest absolute Gasteiger partial charge is 0.480 e. The van der Waals surface area contributed by atoms with Gasteiger partial charge >= 0.3 is 5.97 Å². The van der Waals surface area contributed by atoms with Crippen LogP contribution in [0.3, 0.4) is 0 Å². The maximum Gasteiger partial charge on any atom is 0.318 e. The number of carbonyl (C=O) groups excluding carboxylic acids is 1. The second-order valence-corrected chi connectivity index (χ2v) is 5.84. The molecule has 1 aromatic carbocycles. The van der Waals surface area contributed by atoms with Gasteiger partial charge in [0.1, 0.15) is 6.54 Å². The van der Waals surface area contributed by atoms with E-state index in [0.29, 0.717) is 5.56 Å². The molecule has 6 nitrogen and oxygen atoms in total. The van der Waals surface area contributed by atoms with Gasteiger partial charge in [0.25, 0.3) is 0 Å². The van der Waals surface area contributed by atoms with E-state index in [-0.39, 0.29) is 17.2 Å². The number of sulfonamides is 1. The zero-order valence-electron chi connectivity index (χ0n) is 10.7.